The number of esters is 1. The maximum Gasteiger partial charge on any atom is 0.306 e. The zero-order valence-electron chi connectivity index (χ0n) is 19.3. The fourth-order valence-electron chi connectivity index (χ4n) is 4.00. The topological polar surface area (TPSA) is 26.3 Å². The lowest BCUT2D eigenvalue weighted by atomic mass is 9.90. The average molecular weight is 403 g/mol. The van der Waals surface area contributed by atoms with E-state index in [1.54, 1.807) is 0 Å². The van der Waals surface area contributed by atoms with Crippen molar-refractivity contribution in [2.24, 2.45) is 0 Å². The SMILES string of the molecule is CCCCCCCCCCCCCCCC(CC(=O)OCCC)c1ccccc1. The molecule has 2 heteroatoms. The smallest absolute Gasteiger partial charge is 0.306 e. The minimum absolute atomic E-state index is 0.0459. The molecular formula is C27H46O2. The van der Waals surface area contributed by atoms with Crippen molar-refractivity contribution in [2.75, 3.05) is 6.61 Å². The van der Waals surface area contributed by atoms with Crippen LogP contribution in [0.25, 0.3) is 0 Å². The molecule has 0 N–H and O–H groups in total. The van der Waals surface area contributed by atoms with Gasteiger partial charge in [-0.25, -0.2) is 0 Å². The predicted octanol–water partition coefficient (Wildman–Crippen LogP) is 8.59. The van der Waals surface area contributed by atoms with Gasteiger partial charge in [0.15, 0.2) is 0 Å². The third kappa shape index (κ3) is 14.3. The molecule has 1 unspecified atom stereocenters. The van der Waals surface area contributed by atoms with Crippen molar-refractivity contribution in [1.29, 1.82) is 0 Å². The summed E-state index contributed by atoms with van der Waals surface area (Å²) in [6, 6.07) is 10.5. The Morgan fingerprint density at radius 1 is 0.724 bits per heavy atom. The highest BCUT2D eigenvalue weighted by Gasteiger charge is 2.16. The second-order valence-electron chi connectivity index (χ2n) is 8.56. The lowest BCUT2D eigenvalue weighted by Crippen LogP contribution is -2.11. The van der Waals surface area contributed by atoms with Crippen molar-refractivity contribution >= 4 is 5.97 Å². The Morgan fingerprint density at radius 2 is 1.24 bits per heavy atom. The summed E-state index contributed by atoms with van der Waals surface area (Å²) in [5.74, 6) is 0.253. The van der Waals surface area contributed by atoms with Crippen LogP contribution in [0.5, 0.6) is 0 Å². The molecule has 0 bridgehead atoms. The van der Waals surface area contributed by atoms with Gasteiger partial charge in [-0.15, -0.1) is 0 Å². The van der Waals surface area contributed by atoms with E-state index in [-0.39, 0.29) is 5.97 Å². The molecule has 1 rings (SSSR count). The van der Waals surface area contributed by atoms with Crippen molar-refractivity contribution in [3.63, 3.8) is 0 Å². The van der Waals surface area contributed by atoms with E-state index in [0.717, 1.165) is 12.8 Å². The number of hydrogen-bond donors (Lipinski definition) is 0. The molecule has 0 aliphatic heterocycles. The Bertz CT molecular complexity index is 483. The highest BCUT2D eigenvalue weighted by molar-refractivity contribution is 5.70. The van der Waals surface area contributed by atoms with E-state index in [1.807, 2.05) is 13.0 Å². The van der Waals surface area contributed by atoms with Crippen molar-refractivity contribution in [3.8, 4) is 0 Å². The van der Waals surface area contributed by atoms with Crippen LogP contribution in [0.15, 0.2) is 30.3 Å². The van der Waals surface area contributed by atoms with Crippen LogP contribution in [0.3, 0.4) is 0 Å². The summed E-state index contributed by atoms with van der Waals surface area (Å²) in [6.07, 6.45) is 20.4. The van der Waals surface area contributed by atoms with Gasteiger partial charge in [0.05, 0.1) is 13.0 Å². The van der Waals surface area contributed by atoms with E-state index in [0.29, 0.717) is 18.9 Å². The Hall–Kier alpha value is -1.31. The summed E-state index contributed by atoms with van der Waals surface area (Å²) in [7, 11) is 0. The summed E-state index contributed by atoms with van der Waals surface area (Å²) >= 11 is 0. The molecule has 29 heavy (non-hydrogen) atoms. The van der Waals surface area contributed by atoms with E-state index in [2.05, 4.69) is 31.2 Å². The monoisotopic (exact) mass is 402 g/mol. The van der Waals surface area contributed by atoms with Crippen LogP contribution < -0.4 is 0 Å². The summed E-state index contributed by atoms with van der Waals surface area (Å²) in [5, 5.41) is 0. The van der Waals surface area contributed by atoms with E-state index in [9.17, 15) is 4.79 Å². The molecule has 0 aromatic heterocycles. The van der Waals surface area contributed by atoms with E-state index < -0.39 is 0 Å². The Labute approximate surface area is 180 Å². The maximum absolute atomic E-state index is 12.1. The highest BCUT2D eigenvalue weighted by Crippen LogP contribution is 2.27. The van der Waals surface area contributed by atoms with Gasteiger partial charge in [-0.3, -0.25) is 4.79 Å². The Kier molecular flexibility index (Phi) is 16.6. The molecule has 0 aliphatic rings. The average Bonchev–Trinajstić information content (AvgIpc) is 2.75. The summed E-state index contributed by atoms with van der Waals surface area (Å²) in [4.78, 5) is 12.1. The number of carbonyl (C=O) groups excluding carboxylic acids is 1. The first kappa shape index (κ1) is 25.7. The van der Waals surface area contributed by atoms with Crippen LogP contribution >= 0.6 is 0 Å². The molecule has 0 spiro atoms. The van der Waals surface area contributed by atoms with Gasteiger partial charge in [-0.05, 0) is 24.3 Å². The molecule has 0 amide bonds. The predicted molar refractivity (Wildman–Crippen MR) is 125 cm³/mol. The summed E-state index contributed by atoms with van der Waals surface area (Å²) in [5.41, 5.74) is 1.28. The second-order valence-corrected chi connectivity index (χ2v) is 8.56. The van der Waals surface area contributed by atoms with Crippen LogP contribution in [0, 0.1) is 0 Å². The molecule has 0 heterocycles. The number of hydrogen-bond acceptors (Lipinski definition) is 2. The summed E-state index contributed by atoms with van der Waals surface area (Å²) < 4.78 is 5.32. The van der Waals surface area contributed by atoms with Gasteiger partial charge in [0.1, 0.15) is 0 Å². The fourth-order valence-corrected chi connectivity index (χ4v) is 4.00. The molecule has 0 saturated heterocycles. The first-order valence-electron chi connectivity index (χ1n) is 12.5. The standard InChI is InChI=1S/C27H46O2/c1-3-5-6-7-8-9-10-11-12-13-14-15-17-22-26(24-27(28)29-23-4-2)25-20-18-16-19-21-25/h16,18-21,26H,3-15,17,22-24H2,1-2H3. The minimum Gasteiger partial charge on any atom is -0.466 e. The third-order valence-corrected chi connectivity index (χ3v) is 5.81. The third-order valence-electron chi connectivity index (χ3n) is 5.81. The minimum atomic E-state index is -0.0459. The van der Waals surface area contributed by atoms with Gasteiger partial charge < -0.3 is 4.74 Å². The molecule has 0 saturated carbocycles. The van der Waals surface area contributed by atoms with E-state index in [4.69, 9.17) is 4.74 Å². The number of carbonyl (C=O) groups is 1. The summed E-state index contributed by atoms with van der Waals surface area (Å²) in [6.45, 7) is 4.86. The molecule has 1 atom stereocenters. The van der Waals surface area contributed by atoms with Crippen molar-refractivity contribution < 1.29 is 9.53 Å². The van der Waals surface area contributed by atoms with Crippen LogP contribution in [0.1, 0.15) is 128 Å². The number of unbranched alkanes of at least 4 members (excludes halogenated alkanes) is 12. The van der Waals surface area contributed by atoms with Crippen LogP contribution in [-0.2, 0) is 9.53 Å². The fraction of sp³-hybridized carbons (Fsp3) is 0.741. The molecule has 0 aliphatic carbocycles. The number of ether oxygens (including phenoxy) is 1. The van der Waals surface area contributed by atoms with E-state index >= 15 is 0 Å². The molecule has 0 radical (unpaired) electrons. The highest BCUT2D eigenvalue weighted by atomic mass is 16.5. The van der Waals surface area contributed by atoms with Gasteiger partial charge in [0.2, 0.25) is 0 Å². The van der Waals surface area contributed by atoms with Crippen LogP contribution in [0.2, 0.25) is 0 Å². The van der Waals surface area contributed by atoms with Gasteiger partial charge in [-0.1, -0.05) is 128 Å². The first-order valence-corrected chi connectivity index (χ1v) is 12.5. The number of rotatable bonds is 19. The van der Waals surface area contributed by atoms with Gasteiger partial charge in [0, 0.05) is 0 Å². The first-order chi connectivity index (χ1) is 14.3. The molecule has 1 aromatic rings. The van der Waals surface area contributed by atoms with Crippen LogP contribution in [-0.4, -0.2) is 12.6 Å². The Morgan fingerprint density at radius 3 is 1.76 bits per heavy atom. The van der Waals surface area contributed by atoms with Crippen molar-refractivity contribution in [1.82, 2.24) is 0 Å². The molecule has 2 nitrogen and oxygen atoms in total. The Balaban J connectivity index is 2.11. The molecule has 1 aromatic carbocycles. The zero-order valence-corrected chi connectivity index (χ0v) is 19.3. The van der Waals surface area contributed by atoms with Crippen molar-refractivity contribution in [2.45, 2.75) is 122 Å². The normalized spacial score (nSPS) is 12.1. The quantitative estimate of drug-likeness (QED) is 0.171. The largest absolute Gasteiger partial charge is 0.466 e. The lowest BCUT2D eigenvalue weighted by molar-refractivity contribution is -0.144. The van der Waals surface area contributed by atoms with Gasteiger partial charge >= 0.3 is 5.97 Å². The van der Waals surface area contributed by atoms with Gasteiger partial charge in [0.25, 0.3) is 0 Å². The molecular weight excluding hydrogens is 356 g/mol. The number of benzene rings is 1. The van der Waals surface area contributed by atoms with Crippen LogP contribution in [0.4, 0.5) is 0 Å². The van der Waals surface area contributed by atoms with Gasteiger partial charge in [-0.2, -0.15) is 0 Å². The lowest BCUT2D eigenvalue weighted by Gasteiger charge is -2.17. The second kappa shape index (κ2) is 18.7. The molecule has 166 valence electrons. The van der Waals surface area contributed by atoms with Crippen molar-refractivity contribution in [3.05, 3.63) is 35.9 Å². The zero-order chi connectivity index (χ0) is 21.0. The van der Waals surface area contributed by atoms with E-state index in [1.165, 1.54) is 89.0 Å². The maximum atomic E-state index is 12.1. The molecule has 0 fully saturated rings.